The van der Waals surface area contributed by atoms with Gasteiger partial charge in [0.25, 0.3) is 0 Å². The van der Waals surface area contributed by atoms with E-state index in [1.807, 2.05) is 18.2 Å². The molecule has 0 bridgehead atoms. The number of aryl methyl sites for hydroxylation is 1. The Balaban J connectivity index is 1.89. The fourth-order valence-corrected chi connectivity index (χ4v) is 3.10. The van der Waals surface area contributed by atoms with Crippen LogP contribution in [0, 0.1) is 6.92 Å². The second-order valence-electron chi connectivity index (χ2n) is 6.00. The minimum atomic E-state index is 0.684. The highest BCUT2D eigenvalue weighted by Gasteiger charge is 2.18. The van der Waals surface area contributed by atoms with Gasteiger partial charge in [0.1, 0.15) is 5.82 Å². The van der Waals surface area contributed by atoms with Gasteiger partial charge >= 0.3 is 0 Å². The van der Waals surface area contributed by atoms with Crippen molar-refractivity contribution in [1.82, 2.24) is 9.97 Å². The molecule has 4 rings (SSSR count). The van der Waals surface area contributed by atoms with Gasteiger partial charge in [-0.2, -0.15) is 0 Å². The summed E-state index contributed by atoms with van der Waals surface area (Å²) in [5.41, 5.74) is 3.10. The molecule has 0 spiro atoms. The maximum Gasteiger partial charge on any atom is 0.162 e. The number of hydrogen-bond acceptors (Lipinski definition) is 4. The molecule has 0 unspecified atom stereocenters. The summed E-state index contributed by atoms with van der Waals surface area (Å²) in [5.74, 6) is 1.68. The lowest BCUT2D eigenvalue weighted by molar-refractivity contribution is 0.122. The summed E-state index contributed by atoms with van der Waals surface area (Å²) in [6.45, 7) is 5.19. The van der Waals surface area contributed by atoms with Crippen LogP contribution in [0.3, 0.4) is 0 Å². The fourth-order valence-electron chi connectivity index (χ4n) is 2.93. The molecule has 0 aliphatic carbocycles. The van der Waals surface area contributed by atoms with E-state index < -0.39 is 0 Å². The van der Waals surface area contributed by atoms with Crippen LogP contribution in [0.1, 0.15) is 5.56 Å². The zero-order valence-corrected chi connectivity index (χ0v) is 14.3. The Hall–Kier alpha value is -2.17. The zero-order chi connectivity index (χ0) is 16.5. The van der Waals surface area contributed by atoms with Crippen LogP contribution in [0.25, 0.3) is 22.3 Å². The van der Waals surface area contributed by atoms with E-state index in [9.17, 15) is 0 Å². The van der Waals surface area contributed by atoms with Crippen molar-refractivity contribution < 1.29 is 4.74 Å². The number of benzene rings is 2. The van der Waals surface area contributed by atoms with E-state index in [1.54, 1.807) is 0 Å². The Morgan fingerprint density at radius 2 is 1.75 bits per heavy atom. The van der Waals surface area contributed by atoms with Crippen LogP contribution in [0.2, 0.25) is 5.02 Å². The number of rotatable bonds is 2. The third-order valence-electron chi connectivity index (χ3n) is 4.26. The lowest BCUT2D eigenvalue weighted by atomic mass is 10.1. The molecular formula is C19H18ClN3O. The Kier molecular flexibility index (Phi) is 4.08. The van der Waals surface area contributed by atoms with E-state index in [0.717, 1.165) is 54.4 Å². The van der Waals surface area contributed by atoms with Gasteiger partial charge in [-0.1, -0.05) is 41.4 Å². The lowest BCUT2D eigenvalue weighted by Gasteiger charge is -2.29. The monoisotopic (exact) mass is 339 g/mol. The molecule has 5 heteroatoms. The molecular weight excluding hydrogens is 322 g/mol. The van der Waals surface area contributed by atoms with Crippen LogP contribution in [-0.2, 0) is 4.74 Å². The molecule has 0 amide bonds. The number of morpholine rings is 1. The molecule has 0 radical (unpaired) electrons. The molecule has 2 aromatic carbocycles. The summed E-state index contributed by atoms with van der Waals surface area (Å²) in [4.78, 5) is 11.9. The predicted octanol–water partition coefficient (Wildman–Crippen LogP) is 4.10. The third-order valence-corrected chi connectivity index (χ3v) is 4.49. The SMILES string of the molecule is Cc1ccc(-c2nc(N3CCOCC3)c3ccc(Cl)cc3n2)cc1. The number of nitrogens with zero attached hydrogens (tertiary/aromatic N) is 3. The number of aromatic nitrogens is 2. The van der Waals surface area contributed by atoms with Crippen LogP contribution in [0.5, 0.6) is 0 Å². The average molecular weight is 340 g/mol. The van der Waals surface area contributed by atoms with Crippen molar-refractivity contribution in [2.45, 2.75) is 6.92 Å². The number of halogens is 1. The van der Waals surface area contributed by atoms with Gasteiger partial charge in [0.05, 0.1) is 18.7 Å². The van der Waals surface area contributed by atoms with Gasteiger partial charge < -0.3 is 9.64 Å². The van der Waals surface area contributed by atoms with Crippen LogP contribution in [-0.4, -0.2) is 36.3 Å². The Morgan fingerprint density at radius 1 is 1.00 bits per heavy atom. The van der Waals surface area contributed by atoms with Gasteiger partial charge in [-0.3, -0.25) is 0 Å². The molecule has 4 nitrogen and oxygen atoms in total. The highest BCUT2D eigenvalue weighted by atomic mass is 35.5. The van der Waals surface area contributed by atoms with Crippen LogP contribution in [0.4, 0.5) is 5.82 Å². The van der Waals surface area contributed by atoms with Crippen molar-refractivity contribution in [3.05, 3.63) is 53.1 Å². The first-order valence-electron chi connectivity index (χ1n) is 8.08. The van der Waals surface area contributed by atoms with Crippen LogP contribution < -0.4 is 4.90 Å². The van der Waals surface area contributed by atoms with Gasteiger partial charge in [0.15, 0.2) is 5.82 Å². The number of anilines is 1. The van der Waals surface area contributed by atoms with Crippen LogP contribution in [0.15, 0.2) is 42.5 Å². The highest BCUT2D eigenvalue weighted by molar-refractivity contribution is 6.31. The summed E-state index contributed by atoms with van der Waals surface area (Å²) >= 11 is 6.18. The van der Waals surface area contributed by atoms with Crippen LogP contribution >= 0.6 is 11.6 Å². The Bertz CT molecular complexity index is 874. The molecule has 1 fully saturated rings. The third kappa shape index (κ3) is 2.95. The quantitative estimate of drug-likeness (QED) is 0.704. The summed E-state index contributed by atoms with van der Waals surface area (Å²) in [5, 5.41) is 1.71. The molecule has 122 valence electrons. The number of hydrogen-bond donors (Lipinski definition) is 0. The van der Waals surface area contributed by atoms with E-state index >= 15 is 0 Å². The smallest absolute Gasteiger partial charge is 0.162 e. The summed E-state index contributed by atoms with van der Waals surface area (Å²) in [7, 11) is 0. The largest absolute Gasteiger partial charge is 0.378 e. The Labute approximate surface area is 146 Å². The Morgan fingerprint density at radius 3 is 2.50 bits per heavy atom. The second kappa shape index (κ2) is 6.38. The summed E-state index contributed by atoms with van der Waals surface area (Å²) in [6.07, 6.45) is 0. The molecule has 2 heterocycles. The number of fused-ring (bicyclic) bond motifs is 1. The maximum absolute atomic E-state index is 6.18. The second-order valence-corrected chi connectivity index (χ2v) is 6.43. The molecule has 3 aromatic rings. The summed E-state index contributed by atoms with van der Waals surface area (Å²) in [6, 6.07) is 14.1. The molecule has 0 N–H and O–H groups in total. The van der Waals surface area contributed by atoms with E-state index in [-0.39, 0.29) is 0 Å². The number of ether oxygens (including phenoxy) is 1. The molecule has 24 heavy (non-hydrogen) atoms. The molecule has 1 aromatic heterocycles. The van der Waals surface area contributed by atoms with Crippen molar-refractivity contribution in [3.8, 4) is 11.4 Å². The summed E-state index contributed by atoms with van der Waals surface area (Å²) < 4.78 is 5.47. The average Bonchev–Trinajstić information content (AvgIpc) is 2.62. The minimum absolute atomic E-state index is 0.684. The van der Waals surface area contributed by atoms with Crippen molar-refractivity contribution in [1.29, 1.82) is 0 Å². The van der Waals surface area contributed by atoms with Crippen molar-refractivity contribution in [2.24, 2.45) is 0 Å². The van der Waals surface area contributed by atoms with E-state index in [0.29, 0.717) is 5.02 Å². The standard InChI is InChI=1S/C19H18ClN3O/c1-13-2-4-14(5-3-13)18-21-17-12-15(20)6-7-16(17)19(22-18)23-8-10-24-11-9-23/h2-7,12H,8-11H2,1H3. The fraction of sp³-hybridized carbons (Fsp3) is 0.263. The van der Waals surface area contributed by atoms with Gasteiger partial charge in [0, 0.05) is 29.1 Å². The first-order chi connectivity index (χ1) is 11.7. The molecule has 1 aliphatic rings. The first-order valence-corrected chi connectivity index (χ1v) is 8.45. The molecule has 0 atom stereocenters. The van der Waals surface area contributed by atoms with E-state index in [2.05, 4.69) is 36.1 Å². The highest BCUT2D eigenvalue weighted by Crippen LogP contribution is 2.30. The maximum atomic E-state index is 6.18. The predicted molar refractivity (Wildman–Crippen MR) is 97.8 cm³/mol. The molecule has 1 saturated heterocycles. The van der Waals surface area contributed by atoms with Gasteiger partial charge in [0.2, 0.25) is 0 Å². The zero-order valence-electron chi connectivity index (χ0n) is 13.5. The van der Waals surface area contributed by atoms with E-state index in [1.165, 1.54) is 5.56 Å². The first kappa shape index (κ1) is 15.4. The van der Waals surface area contributed by atoms with Crippen molar-refractivity contribution in [3.63, 3.8) is 0 Å². The van der Waals surface area contributed by atoms with Gasteiger partial charge in [-0.05, 0) is 25.1 Å². The van der Waals surface area contributed by atoms with Crippen molar-refractivity contribution >= 4 is 28.3 Å². The van der Waals surface area contributed by atoms with Crippen molar-refractivity contribution in [2.75, 3.05) is 31.2 Å². The normalized spacial score (nSPS) is 15.0. The topological polar surface area (TPSA) is 38.2 Å². The van der Waals surface area contributed by atoms with Gasteiger partial charge in [-0.25, -0.2) is 9.97 Å². The lowest BCUT2D eigenvalue weighted by Crippen LogP contribution is -2.37. The van der Waals surface area contributed by atoms with Gasteiger partial charge in [-0.15, -0.1) is 0 Å². The molecule has 1 aliphatic heterocycles. The minimum Gasteiger partial charge on any atom is -0.378 e. The molecule has 0 saturated carbocycles. The van der Waals surface area contributed by atoms with E-state index in [4.69, 9.17) is 26.3 Å².